The second-order valence-corrected chi connectivity index (χ2v) is 4.16. The molecule has 0 aliphatic carbocycles. The van der Waals surface area contributed by atoms with Crippen LogP contribution in [0.1, 0.15) is 23.0 Å². The second kappa shape index (κ2) is 5.05. The van der Waals surface area contributed by atoms with Gasteiger partial charge in [-0.25, -0.2) is 0 Å². The molecule has 2 rings (SSSR count). The van der Waals surface area contributed by atoms with Gasteiger partial charge in [0.05, 0.1) is 5.69 Å². The highest BCUT2D eigenvalue weighted by atomic mass is 15.4. The average molecular weight is 231 g/mol. The normalized spacial score (nSPS) is 12.6. The number of hydrogen-bond acceptors (Lipinski definition) is 4. The Morgan fingerprint density at radius 1 is 1.47 bits per heavy atom. The molecule has 0 aliphatic heterocycles. The Morgan fingerprint density at radius 3 is 2.88 bits per heavy atom. The number of nitrogens with one attached hydrogen (secondary N) is 1. The molecule has 0 fully saturated rings. The van der Waals surface area contributed by atoms with Crippen molar-refractivity contribution in [3.05, 3.63) is 41.5 Å². The summed E-state index contributed by atoms with van der Waals surface area (Å²) in [5, 5.41) is 11.3. The number of rotatable bonds is 4. The molecule has 1 unspecified atom stereocenters. The zero-order valence-electron chi connectivity index (χ0n) is 10.4. The molecule has 0 saturated heterocycles. The van der Waals surface area contributed by atoms with Crippen LogP contribution >= 0.6 is 0 Å². The van der Waals surface area contributed by atoms with E-state index in [1.54, 1.807) is 4.68 Å². The van der Waals surface area contributed by atoms with Gasteiger partial charge in [-0.3, -0.25) is 9.67 Å². The van der Waals surface area contributed by atoms with E-state index >= 15 is 0 Å². The summed E-state index contributed by atoms with van der Waals surface area (Å²) in [6.07, 6.45) is 4.61. The molecule has 0 radical (unpaired) electrons. The zero-order chi connectivity index (χ0) is 12.3. The van der Waals surface area contributed by atoms with E-state index in [0.717, 1.165) is 17.8 Å². The van der Waals surface area contributed by atoms with Crippen LogP contribution in [0.4, 0.5) is 0 Å². The summed E-state index contributed by atoms with van der Waals surface area (Å²) in [5.74, 6) is 0. The van der Waals surface area contributed by atoms with Crippen LogP contribution in [0.25, 0.3) is 0 Å². The van der Waals surface area contributed by atoms with Crippen molar-refractivity contribution in [1.29, 1.82) is 0 Å². The van der Waals surface area contributed by atoms with Crippen molar-refractivity contribution in [2.24, 2.45) is 7.05 Å². The van der Waals surface area contributed by atoms with Gasteiger partial charge in [-0.05, 0) is 31.7 Å². The Morgan fingerprint density at radius 2 is 2.29 bits per heavy atom. The molecule has 17 heavy (non-hydrogen) atoms. The van der Waals surface area contributed by atoms with Crippen LogP contribution < -0.4 is 5.32 Å². The summed E-state index contributed by atoms with van der Waals surface area (Å²) in [6, 6.07) is 4.37. The van der Waals surface area contributed by atoms with Gasteiger partial charge in [-0.15, -0.1) is 5.10 Å². The van der Waals surface area contributed by atoms with Crippen LogP contribution in [0.15, 0.2) is 24.5 Å². The molecular weight excluding hydrogens is 214 g/mol. The minimum Gasteiger partial charge on any atom is -0.313 e. The lowest BCUT2D eigenvalue weighted by atomic mass is 10.0. The lowest BCUT2D eigenvalue weighted by Crippen LogP contribution is -2.19. The number of aryl methyl sites for hydroxylation is 2. The fourth-order valence-corrected chi connectivity index (χ4v) is 1.87. The highest BCUT2D eigenvalue weighted by molar-refractivity contribution is 5.21. The lowest BCUT2D eigenvalue weighted by molar-refractivity contribution is 0.582. The summed E-state index contributed by atoms with van der Waals surface area (Å²) in [5.41, 5.74) is 3.24. The molecule has 2 heterocycles. The molecule has 0 bridgehead atoms. The average Bonchev–Trinajstić information content (AvgIpc) is 2.72. The summed E-state index contributed by atoms with van der Waals surface area (Å²) >= 11 is 0. The smallest absolute Gasteiger partial charge is 0.0845 e. The van der Waals surface area contributed by atoms with Gasteiger partial charge >= 0.3 is 0 Å². The summed E-state index contributed by atoms with van der Waals surface area (Å²) in [7, 11) is 3.83. The molecule has 90 valence electrons. The third kappa shape index (κ3) is 2.88. The highest BCUT2D eigenvalue weighted by Crippen LogP contribution is 2.16. The Balaban J connectivity index is 2.16. The van der Waals surface area contributed by atoms with E-state index in [1.165, 1.54) is 5.56 Å². The maximum Gasteiger partial charge on any atom is 0.0845 e. The molecule has 2 aromatic heterocycles. The van der Waals surface area contributed by atoms with Gasteiger partial charge in [-0.2, -0.15) is 0 Å². The van der Waals surface area contributed by atoms with Gasteiger partial charge in [0, 0.05) is 37.6 Å². The van der Waals surface area contributed by atoms with Crippen LogP contribution in [0.2, 0.25) is 0 Å². The van der Waals surface area contributed by atoms with E-state index in [2.05, 4.69) is 26.7 Å². The third-order valence-corrected chi connectivity index (χ3v) is 2.73. The molecule has 1 atom stereocenters. The minimum atomic E-state index is 0.244. The van der Waals surface area contributed by atoms with Crippen molar-refractivity contribution in [3.63, 3.8) is 0 Å². The van der Waals surface area contributed by atoms with Crippen LogP contribution in [-0.4, -0.2) is 27.0 Å². The third-order valence-electron chi connectivity index (χ3n) is 2.73. The Kier molecular flexibility index (Phi) is 3.49. The van der Waals surface area contributed by atoms with E-state index in [4.69, 9.17) is 0 Å². The van der Waals surface area contributed by atoms with Crippen molar-refractivity contribution < 1.29 is 0 Å². The topological polar surface area (TPSA) is 55.6 Å². The molecule has 0 amide bonds. The van der Waals surface area contributed by atoms with E-state index in [-0.39, 0.29) is 6.04 Å². The second-order valence-electron chi connectivity index (χ2n) is 4.16. The first-order chi connectivity index (χ1) is 8.19. The highest BCUT2D eigenvalue weighted by Gasteiger charge is 2.12. The van der Waals surface area contributed by atoms with Crippen LogP contribution in [0.3, 0.4) is 0 Å². The largest absolute Gasteiger partial charge is 0.313 e. The molecular formula is C12H17N5. The molecule has 5 heteroatoms. The Labute approximate surface area is 101 Å². The predicted octanol–water partition coefficient (Wildman–Crippen LogP) is 1.02. The Hall–Kier alpha value is -1.75. The van der Waals surface area contributed by atoms with Crippen LogP contribution in [-0.2, 0) is 13.5 Å². The SMILES string of the molecule is CNC(Cc1cn(C)nn1)c1ccnc(C)c1. The fraction of sp³-hybridized carbons (Fsp3) is 0.417. The van der Waals surface area contributed by atoms with Crippen LogP contribution in [0, 0.1) is 6.92 Å². The predicted molar refractivity (Wildman–Crippen MR) is 65.5 cm³/mol. The van der Waals surface area contributed by atoms with Crippen molar-refractivity contribution in [2.75, 3.05) is 7.05 Å². The van der Waals surface area contributed by atoms with Gasteiger partial charge in [0.25, 0.3) is 0 Å². The number of likely N-dealkylation sites (N-methyl/N-ethyl adjacent to an activating group) is 1. The quantitative estimate of drug-likeness (QED) is 0.853. The summed E-state index contributed by atoms with van der Waals surface area (Å²) in [6.45, 7) is 2.00. The van der Waals surface area contributed by atoms with Crippen molar-refractivity contribution in [3.8, 4) is 0 Å². The number of aromatic nitrogens is 4. The standard InChI is InChI=1S/C12H17N5/c1-9-6-10(4-5-14-9)12(13-2)7-11-8-17(3)16-15-11/h4-6,8,12-13H,7H2,1-3H3. The molecule has 1 N–H and O–H groups in total. The number of hydrogen-bond donors (Lipinski definition) is 1. The van der Waals surface area contributed by atoms with Gasteiger partial charge in [0.2, 0.25) is 0 Å². The maximum absolute atomic E-state index is 4.21. The first-order valence-corrected chi connectivity index (χ1v) is 5.64. The molecule has 0 aromatic carbocycles. The molecule has 0 saturated carbocycles. The lowest BCUT2D eigenvalue weighted by Gasteiger charge is -2.15. The van der Waals surface area contributed by atoms with Crippen molar-refractivity contribution >= 4 is 0 Å². The van der Waals surface area contributed by atoms with E-state index < -0.39 is 0 Å². The van der Waals surface area contributed by atoms with E-state index in [0.29, 0.717) is 0 Å². The minimum absolute atomic E-state index is 0.244. The van der Waals surface area contributed by atoms with E-state index in [9.17, 15) is 0 Å². The van der Waals surface area contributed by atoms with Gasteiger partial charge < -0.3 is 5.32 Å². The van der Waals surface area contributed by atoms with Crippen molar-refractivity contribution in [2.45, 2.75) is 19.4 Å². The molecule has 2 aromatic rings. The Bertz CT molecular complexity index is 491. The van der Waals surface area contributed by atoms with Gasteiger partial charge in [0.15, 0.2) is 0 Å². The maximum atomic E-state index is 4.21. The molecule has 0 spiro atoms. The van der Waals surface area contributed by atoms with Crippen molar-refractivity contribution in [1.82, 2.24) is 25.3 Å². The van der Waals surface area contributed by atoms with E-state index in [1.807, 2.05) is 39.5 Å². The first kappa shape index (κ1) is 11.7. The number of pyridine rings is 1. The van der Waals surface area contributed by atoms with Gasteiger partial charge in [-0.1, -0.05) is 5.21 Å². The number of nitrogens with zero attached hydrogens (tertiary/aromatic N) is 4. The monoisotopic (exact) mass is 231 g/mol. The first-order valence-electron chi connectivity index (χ1n) is 5.64. The zero-order valence-corrected chi connectivity index (χ0v) is 10.4. The molecule has 0 aliphatic rings. The molecule has 5 nitrogen and oxygen atoms in total. The van der Waals surface area contributed by atoms with Crippen LogP contribution in [0.5, 0.6) is 0 Å². The van der Waals surface area contributed by atoms with Gasteiger partial charge in [0.1, 0.15) is 0 Å². The fourth-order valence-electron chi connectivity index (χ4n) is 1.87. The summed E-state index contributed by atoms with van der Waals surface area (Å²) in [4.78, 5) is 4.21. The summed E-state index contributed by atoms with van der Waals surface area (Å²) < 4.78 is 1.72.